The number of rotatable bonds is 4. The standard InChI is InChI=1S/C16H20N2OS/c1-2-5-14(6-3-1)11-16-17-15(13-20-16)12-18-7-4-9-19-10-8-18/h1-3,5-6,13H,4,7-12H2. The van der Waals surface area contributed by atoms with Gasteiger partial charge >= 0.3 is 0 Å². The molecule has 0 saturated carbocycles. The molecule has 1 aliphatic heterocycles. The first-order valence-electron chi connectivity index (χ1n) is 7.17. The summed E-state index contributed by atoms with van der Waals surface area (Å²) < 4.78 is 5.49. The van der Waals surface area contributed by atoms with Crippen LogP contribution >= 0.6 is 11.3 Å². The van der Waals surface area contributed by atoms with Gasteiger partial charge in [-0.1, -0.05) is 30.3 Å². The Morgan fingerprint density at radius 2 is 2.05 bits per heavy atom. The van der Waals surface area contributed by atoms with Gasteiger partial charge in [0, 0.05) is 38.0 Å². The molecule has 2 aromatic rings. The maximum Gasteiger partial charge on any atom is 0.0972 e. The van der Waals surface area contributed by atoms with Crippen molar-refractivity contribution in [1.82, 2.24) is 9.88 Å². The van der Waals surface area contributed by atoms with Crippen LogP contribution in [0, 0.1) is 0 Å². The summed E-state index contributed by atoms with van der Waals surface area (Å²) in [5, 5.41) is 3.40. The second kappa shape index (κ2) is 6.97. The highest BCUT2D eigenvalue weighted by molar-refractivity contribution is 7.09. The Balaban J connectivity index is 1.59. The Morgan fingerprint density at radius 1 is 1.15 bits per heavy atom. The minimum absolute atomic E-state index is 0.848. The number of ether oxygens (including phenoxy) is 1. The molecular formula is C16H20N2OS. The highest BCUT2D eigenvalue weighted by atomic mass is 32.1. The van der Waals surface area contributed by atoms with Crippen molar-refractivity contribution in [2.45, 2.75) is 19.4 Å². The monoisotopic (exact) mass is 288 g/mol. The molecule has 1 saturated heterocycles. The van der Waals surface area contributed by atoms with Crippen LogP contribution in [0.15, 0.2) is 35.7 Å². The van der Waals surface area contributed by atoms with Crippen LogP contribution in [-0.4, -0.2) is 36.2 Å². The predicted molar refractivity (Wildman–Crippen MR) is 82.1 cm³/mol. The lowest BCUT2D eigenvalue weighted by Crippen LogP contribution is -2.25. The van der Waals surface area contributed by atoms with E-state index in [1.54, 1.807) is 11.3 Å². The van der Waals surface area contributed by atoms with Crippen molar-refractivity contribution in [2.24, 2.45) is 0 Å². The maximum absolute atomic E-state index is 5.49. The topological polar surface area (TPSA) is 25.4 Å². The van der Waals surface area contributed by atoms with Crippen LogP contribution in [0.3, 0.4) is 0 Å². The van der Waals surface area contributed by atoms with Gasteiger partial charge in [-0.3, -0.25) is 4.90 Å². The lowest BCUT2D eigenvalue weighted by atomic mass is 10.2. The second-order valence-corrected chi connectivity index (χ2v) is 6.08. The first-order valence-corrected chi connectivity index (χ1v) is 8.05. The highest BCUT2D eigenvalue weighted by Gasteiger charge is 2.11. The van der Waals surface area contributed by atoms with Gasteiger partial charge in [0.25, 0.3) is 0 Å². The number of benzene rings is 1. The molecule has 1 aromatic heterocycles. The number of aromatic nitrogens is 1. The van der Waals surface area contributed by atoms with Crippen LogP contribution in [0.25, 0.3) is 0 Å². The molecule has 3 rings (SSSR count). The Bertz CT molecular complexity index is 518. The molecule has 106 valence electrons. The van der Waals surface area contributed by atoms with Crippen LogP contribution in [0.5, 0.6) is 0 Å². The zero-order valence-electron chi connectivity index (χ0n) is 11.6. The molecule has 1 aromatic carbocycles. The van der Waals surface area contributed by atoms with Gasteiger partial charge in [-0.25, -0.2) is 4.98 Å². The van der Waals surface area contributed by atoms with E-state index in [0.29, 0.717) is 0 Å². The summed E-state index contributed by atoms with van der Waals surface area (Å²) in [6.45, 7) is 4.83. The smallest absolute Gasteiger partial charge is 0.0972 e. The lowest BCUT2D eigenvalue weighted by molar-refractivity contribution is 0.140. The Morgan fingerprint density at radius 3 is 2.95 bits per heavy atom. The third-order valence-corrected chi connectivity index (χ3v) is 4.40. The molecule has 0 spiro atoms. The van der Waals surface area contributed by atoms with Gasteiger partial charge in [0.05, 0.1) is 17.3 Å². The van der Waals surface area contributed by atoms with Crippen LogP contribution in [0.2, 0.25) is 0 Å². The van der Waals surface area contributed by atoms with Crippen molar-refractivity contribution in [2.75, 3.05) is 26.3 Å². The molecule has 0 atom stereocenters. The highest BCUT2D eigenvalue weighted by Crippen LogP contribution is 2.16. The molecular weight excluding hydrogens is 268 g/mol. The van der Waals surface area contributed by atoms with E-state index in [1.165, 1.54) is 16.3 Å². The molecule has 3 nitrogen and oxygen atoms in total. The van der Waals surface area contributed by atoms with Crippen molar-refractivity contribution in [3.63, 3.8) is 0 Å². The largest absolute Gasteiger partial charge is 0.380 e. The minimum Gasteiger partial charge on any atom is -0.380 e. The van der Waals surface area contributed by atoms with E-state index >= 15 is 0 Å². The number of nitrogens with zero attached hydrogens (tertiary/aromatic N) is 2. The Labute approximate surface area is 124 Å². The summed E-state index contributed by atoms with van der Waals surface area (Å²) in [6.07, 6.45) is 2.07. The number of hydrogen-bond donors (Lipinski definition) is 0. The van der Waals surface area contributed by atoms with Gasteiger partial charge in [0.15, 0.2) is 0 Å². The fourth-order valence-corrected chi connectivity index (χ4v) is 3.28. The van der Waals surface area contributed by atoms with Gasteiger partial charge in [-0.2, -0.15) is 0 Å². The molecule has 2 heterocycles. The van der Waals surface area contributed by atoms with Gasteiger partial charge < -0.3 is 4.74 Å². The summed E-state index contributed by atoms with van der Waals surface area (Å²) in [6, 6.07) is 10.5. The normalized spacial score (nSPS) is 17.0. The molecule has 4 heteroatoms. The third kappa shape index (κ3) is 3.88. The molecule has 1 aliphatic rings. The summed E-state index contributed by atoms with van der Waals surface area (Å²) in [7, 11) is 0. The molecule has 0 bridgehead atoms. The first kappa shape index (κ1) is 13.7. The fourth-order valence-electron chi connectivity index (χ4n) is 2.46. The second-order valence-electron chi connectivity index (χ2n) is 5.14. The van der Waals surface area contributed by atoms with Crippen molar-refractivity contribution in [1.29, 1.82) is 0 Å². The van der Waals surface area contributed by atoms with E-state index < -0.39 is 0 Å². The minimum atomic E-state index is 0.848. The van der Waals surface area contributed by atoms with Gasteiger partial charge in [0.2, 0.25) is 0 Å². The average molecular weight is 288 g/mol. The van der Waals surface area contributed by atoms with E-state index in [1.807, 2.05) is 0 Å². The summed E-state index contributed by atoms with van der Waals surface area (Å²) >= 11 is 1.77. The van der Waals surface area contributed by atoms with E-state index in [4.69, 9.17) is 9.72 Å². The SMILES string of the molecule is c1ccc(Cc2nc(CN3CCCOCC3)cs2)cc1. The molecule has 20 heavy (non-hydrogen) atoms. The Hall–Kier alpha value is -1.23. The average Bonchev–Trinajstić information content (AvgIpc) is 2.74. The van der Waals surface area contributed by atoms with E-state index in [2.05, 4.69) is 40.6 Å². The first-order chi connectivity index (χ1) is 9.90. The third-order valence-electron chi connectivity index (χ3n) is 3.50. The zero-order valence-corrected chi connectivity index (χ0v) is 12.4. The van der Waals surface area contributed by atoms with E-state index in [9.17, 15) is 0 Å². The fraction of sp³-hybridized carbons (Fsp3) is 0.438. The quantitative estimate of drug-likeness (QED) is 0.865. The molecule has 0 N–H and O–H groups in total. The van der Waals surface area contributed by atoms with Gasteiger partial charge in [-0.15, -0.1) is 11.3 Å². The molecule has 0 aliphatic carbocycles. The van der Waals surface area contributed by atoms with Gasteiger partial charge in [0.1, 0.15) is 0 Å². The lowest BCUT2D eigenvalue weighted by Gasteiger charge is -2.17. The number of hydrogen-bond acceptors (Lipinski definition) is 4. The van der Waals surface area contributed by atoms with Crippen molar-refractivity contribution in [3.8, 4) is 0 Å². The van der Waals surface area contributed by atoms with Crippen LogP contribution in [0.4, 0.5) is 0 Å². The molecule has 0 unspecified atom stereocenters. The Kier molecular flexibility index (Phi) is 4.79. The van der Waals surface area contributed by atoms with Crippen LogP contribution in [-0.2, 0) is 17.7 Å². The molecule has 0 radical (unpaired) electrons. The maximum atomic E-state index is 5.49. The van der Waals surface area contributed by atoms with Gasteiger partial charge in [-0.05, 0) is 12.0 Å². The summed E-state index contributed by atoms with van der Waals surface area (Å²) in [5.41, 5.74) is 2.53. The molecule has 0 amide bonds. The molecule has 1 fully saturated rings. The predicted octanol–water partition coefficient (Wildman–Crippen LogP) is 2.96. The summed E-state index contributed by atoms with van der Waals surface area (Å²) in [5.74, 6) is 0. The van der Waals surface area contributed by atoms with Crippen LogP contribution < -0.4 is 0 Å². The van der Waals surface area contributed by atoms with E-state index in [-0.39, 0.29) is 0 Å². The van der Waals surface area contributed by atoms with Crippen molar-refractivity contribution >= 4 is 11.3 Å². The van der Waals surface area contributed by atoms with Crippen molar-refractivity contribution in [3.05, 3.63) is 52.0 Å². The number of thiazole rings is 1. The van der Waals surface area contributed by atoms with Crippen molar-refractivity contribution < 1.29 is 4.74 Å². The van der Waals surface area contributed by atoms with E-state index in [0.717, 1.165) is 45.7 Å². The summed E-state index contributed by atoms with van der Waals surface area (Å²) in [4.78, 5) is 7.21. The van der Waals surface area contributed by atoms with Crippen LogP contribution in [0.1, 0.15) is 22.7 Å². The zero-order chi connectivity index (χ0) is 13.6.